The van der Waals surface area contributed by atoms with E-state index in [1.54, 1.807) is 6.07 Å². The second-order valence-electron chi connectivity index (χ2n) is 8.53. The number of hydrogen-bond donors (Lipinski definition) is 3. The normalized spacial score (nSPS) is 15.5. The van der Waals surface area contributed by atoms with Gasteiger partial charge in [0.1, 0.15) is 6.61 Å². The fourth-order valence-electron chi connectivity index (χ4n) is 3.33. The zero-order valence-electron chi connectivity index (χ0n) is 19.0. The lowest BCUT2D eigenvalue weighted by Crippen LogP contribution is -2.29. The van der Waals surface area contributed by atoms with Crippen LogP contribution in [-0.2, 0) is 6.54 Å². The van der Waals surface area contributed by atoms with Gasteiger partial charge >= 0.3 is 0 Å². The number of carbonyl (C=O) groups excluding carboxylic acids is 1. The Hall–Kier alpha value is -2.18. The van der Waals surface area contributed by atoms with Crippen molar-refractivity contribution in [3.8, 4) is 17.2 Å². The zero-order valence-corrected chi connectivity index (χ0v) is 19.8. The molecular formula is C24H34ClNO5. The highest BCUT2D eigenvalue weighted by molar-refractivity contribution is 6.23. The quantitative estimate of drug-likeness (QED) is 0.330. The predicted molar refractivity (Wildman–Crippen MR) is 123 cm³/mol. The first-order valence-corrected chi connectivity index (χ1v) is 10.9. The van der Waals surface area contributed by atoms with Crippen molar-refractivity contribution >= 4 is 17.5 Å². The molecule has 31 heavy (non-hydrogen) atoms. The number of aliphatic hydroxyl groups is 1. The third kappa shape index (κ3) is 6.91. The van der Waals surface area contributed by atoms with Crippen LogP contribution in [0.1, 0.15) is 69.3 Å². The molecular weight excluding hydrogens is 418 g/mol. The molecule has 3 N–H and O–H groups in total. The first kappa shape index (κ1) is 25.1. The summed E-state index contributed by atoms with van der Waals surface area (Å²) in [5.74, 6) is 0.299. The topological polar surface area (TPSA) is 88.0 Å². The molecule has 1 heterocycles. The van der Waals surface area contributed by atoms with Crippen LogP contribution in [0.25, 0.3) is 0 Å². The summed E-state index contributed by atoms with van der Waals surface area (Å²) in [6, 6.07) is 1.60. The van der Waals surface area contributed by atoms with E-state index in [0.29, 0.717) is 23.3 Å². The summed E-state index contributed by atoms with van der Waals surface area (Å²) in [4.78, 5) is 11.2. The molecule has 0 saturated heterocycles. The molecule has 1 unspecified atom stereocenters. The van der Waals surface area contributed by atoms with Gasteiger partial charge in [-0.05, 0) is 65.5 Å². The molecule has 0 aromatic heterocycles. The zero-order chi connectivity index (χ0) is 23.2. The Kier molecular flexibility index (Phi) is 8.83. The Balaban J connectivity index is 1.86. The number of aromatic hydroxyl groups is 1. The van der Waals surface area contributed by atoms with Crippen molar-refractivity contribution in [1.29, 1.82) is 0 Å². The van der Waals surface area contributed by atoms with Gasteiger partial charge in [-0.1, -0.05) is 17.2 Å². The lowest BCUT2D eigenvalue weighted by Gasteiger charge is -2.23. The highest BCUT2D eigenvalue weighted by Gasteiger charge is 2.27. The Morgan fingerprint density at radius 3 is 2.61 bits per heavy atom. The van der Waals surface area contributed by atoms with E-state index >= 15 is 0 Å². The van der Waals surface area contributed by atoms with E-state index in [9.17, 15) is 15.0 Å². The first-order valence-electron chi connectivity index (χ1n) is 10.6. The van der Waals surface area contributed by atoms with Crippen molar-refractivity contribution in [2.45, 2.75) is 70.9 Å². The second-order valence-corrected chi connectivity index (χ2v) is 9.51. The second kappa shape index (κ2) is 10.9. The van der Waals surface area contributed by atoms with Crippen LogP contribution < -0.4 is 14.8 Å². The maximum atomic E-state index is 11.8. The van der Waals surface area contributed by atoms with Crippen molar-refractivity contribution in [3.05, 3.63) is 40.5 Å². The minimum atomic E-state index is -0.610. The summed E-state index contributed by atoms with van der Waals surface area (Å²) >= 11 is 6.14. The summed E-state index contributed by atoms with van der Waals surface area (Å²) in [5, 5.41) is 23.2. The number of fused-ring (bicyclic) bond motifs is 1. The number of ether oxygens (including phenoxy) is 2. The van der Waals surface area contributed by atoms with E-state index in [1.807, 2.05) is 26.8 Å². The third-order valence-corrected chi connectivity index (χ3v) is 5.76. The number of allylic oxidation sites excluding steroid dienone is 3. The minimum Gasteiger partial charge on any atom is -0.504 e. The molecule has 0 radical (unpaired) electrons. The van der Waals surface area contributed by atoms with E-state index in [1.165, 1.54) is 18.3 Å². The van der Waals surface area contributed by atoms with E-state index in [-0.39, 0.29) is 30.6 Å². The van der Waals surface area contributed by atoms with E-state index in [0.717, 1.165) is 19.3 Å². The van der Waals surface area contributed by atoms with Gasteiger partial charge in [0, 0.05) is 12.1 Å². The number of methoxy groups -OCH3 is 1. The van der Waals surface area contributed by atoms with Crippen LogP contribution in [0.5, 0.6) is 17.2 Å². The molecule has 0 fully saturated rings. The number of nitrogens with one attached hydrogen (secondary N) is 1. The molecule has 1 amide bonds. The van der Waals surface area contributed by atoms with Crippen molar-refractivity contribution < 1.29 is 24.5 Å². The number of halogens is 1. The van der Waals surface area contributed by atoms with Gasteiger partial charge in [-0.2, -0.15) is 0 Å². The van der Waals surface area contributed by atoms with Crippen LogP contribution in [0.2, 0.25) is 0 Å². The molecule has 2 rings (SSSR count). The van der Waals surface area contributed by atoms with Gasteiger partial charge in [0.05, 0.1) is 23.7 Å². The Morgan fingerprint density at radius 1 is 1.29 bits per heavy atom. The van der Waals surface area contributed by atoms with Crippen LogP contribution in [0.4, 0.5) is 0 Å². The average Bonchev–Trinajstić information content (AvgIpc) is 3.07. The van der Waals surface area contributed by atoms with E-state index < -0.39 is 11.0 Å². The van der Waals surface area contributed by atoms with Crippen molar-refractivity contribution in [2.24, 2.45) is 0 Å². The predicted octanol–water partition coefficient (Wildman–Crippen LogP) is 4.85. The van der Waals surface area contributed by atoms with E-state index in [4.69, 9.17) is 21.1 Å². The van der Waals surface area contributed by atoms with Gasteiger partial charge in [0.25, 0.3) is 5.91 Å². The van der Waals surface area contributed by atoms with Crippen LogP contribution in [0.3, 0.4) is 0 Å². The van der Waals surface area contributed by atoms with Crippen LogP contribution in [0, 0.1) is 0 Å². The molecule has 6 nitrogen and oxygen atoms in total. The van der Waals surface area contributed by atoms with Gasteiger partial charge < -0.3 is 25.0 Å². The molecule has 0 bridgehead atoms. The van der Waals surface area contributed by atoms with Gasteiger partial charge in [-0.15, -0.1) is 11.6 Å². The number of aliphatic hydroxyl groups excluding tert-OH is 1. The third-order valence-electron chi connectivity index (χ3n) is 5.51. The number of carbonyl (C=O) groups is 1. The number of phenolic OH excluding ortho intramolecular Hbond substituents is 1. The van der Waals surface area contributed by atoms with Gasteiger partial charge in [0.2, 0.25) is 5.75 Å². The first-order chi connectivity index (χ1) is 14.5. The number of amides is 1. The summed E-state index contributed by atoms with van der Waals surface area (Å²) in [7, 11) is 1.48. The molecule has 0 spiro atoms. The summed E-state index contributed by atoms with van der Waals surface area (Å²) in [6.07, 6.45) is 6.88. The molecule has 1 atom stereocenters. The number of hydrogen-bond acceptors (Lipinski definition) is 5. The highest BCUT2D eigenvalue weighted by Crippen LogP contribution is 2.42. The molecule has 7 heteroatoms. The summed E-state index contributed by atoms with van der Waals surface area (Å²) in [5.41, 5.74) is 3.35. The Labute approximate surface area is 189 Å². The molecule has 0 saturated carbocycles. The van der Waals surface area contributed by atoms with Crippen LogP contribution in [-0.4, -0.2) is 40.8 Å². The molecule has 0 aliphatic carbocycles. The van der Waals surface area contributed by atoms with Crippen molar-refractivity contribution in [3.63, 3.8) is 0 Å². The van der Waals surface area contributed by atoms with E-state index in [2.05, 4.69) is 18.3 Å². The minimum absolute atomic E-state index is 0.0559. The fraction of sp³-hybridized carbons (Fsp3) is 0.542. The SMILES string of the molecule is COc1cc2c(c(O)c1OCC=C(C)CCC=C(C)CCC(O)C(C)(C)Cl)CNC2=O. The summed E-state index contributed by atoms with van der Waals surface area (Å²) in [6.45, 7) is 8.31. The maximum Gasteiger partial charge on any atom is 0.252 e. The van der Waals surface area contributed by atoms with Crippen molar-refractivity contribution in [2.75, 3.05) is 13.7 Å². The van der Waals surface area contributed by atoms with Gasteiger partial charge in [-0.3, -0.25) is 4.79 Å². The number of rotatable bonds is 11. The molecule has 1 aromatic carbocycles. The molecule has 1 aromatic rings. The number of alkyl halides is 1. The van der Waals surface area contributed by atoms with Crippen LogP contribution in [0.15, 0.2) is 29.4 Å². The molecule has 172 valence electrons. The average molecular weight is 452 g/mol. The fourth-order valence-corrected chi connectivity index (χ4v) is 3.44. The summed E-state index contributed by atoms with van der Waals surface area (Å²) < 4.78 is 11.1. The van der Waals surface area contributed by atoms with Crippen molar-refractivity contribution in [1.82, 2.24) is 5.32 Å². The Morgan fingerprint density at radius 2 is 1.97 bits per heavy atom. The lowest BCUT2D eigenvalue weighted by molar-refractivity contribution is 0.0965. The monoisotopic (exact) mass is 451 g/mol. The highest BCUT2D eigenvalue weighted by atomic mass is 35.5. The Bertz CT molecular complexity index is 855. The number of phenols is 1. The maximum absolute atomic E-state index is 11.8. The smallest absolute Gasteiger partial charge is 0.252 e. The van der Waals surface area contributed by atoms with Crippen LogP contribution >= 0.6 is 11.6 Å². The lowest BCUT2D eigenvalue weighted by atomic mass is 9.98. The molecule has 1 aliphatic heterocycles. The standard InChI is InChI=1S/C24H34ClNO5/c1-15(9-10-20(27)24(3,4)25)7-6-8-16(2)11-12-31-22-19(30-5)13-17-18(21(22)28)14-26-23(17)29/h7,11,13,20,27-28H,6,8-10,12,14H2,1-5H3,(H,26,29). The number of benzene rings is 1. The largest absolute Gasteiger partial charge is 0.504 e. The molecule has 1 aliphatic rings. The van der Waals surface area contributed by atoms with Gasteiger partial charge in [-0.25, -0.2) is 0 Å². The van der Waals surface area contributed by atoms with Gasteiger partial charge in [0.15, 0.2) is 11.5 Å².